The number of ether oxygens (including phenoxy) is 1. The normalized spacial score (nSPS) is 22.4. The van der Waals surface area contributed by atoms with Gasteiger partial charge in [-0.2, -0.15) is 0 Å². The molecule has 1 amide bonds. The molecule has 1 fully saturated rings. The molecule has 2 aliphatic heterocycles. The van der Waals surface area contributed by atoms with Crippen molar-refractivity contribution in [2.45, 2.75) is 13.0 Å². The van der Waals surface area contributed by atoms with E-state index in [-0.39, 0.29) is 11.9 Å². The summed E-state index contributed by atoms with van der Waals surface area (Å²) in [6.45, 7) is 4.68. The number of benzene rings is 1. The molecular formula is C13H14BrClN2O2. The number of piperazine rings is 1. The molecule has 4 nitrogen and oxygen atoms in total. The number of carbonyl (C=O) groups excluding carboxylic acids is 1. The van der Waals surface area contributed by atoms with Crippen LogP contribution in [0.1, 0.15) is 15.9 Å². The van der Waals surface area contributed by atoms with E-state index in [0.717, 1.165) is 23.1 Å². The fourth-order valence-corrected chi connectivity index (χ4v) is 3.15. The van der Waals surface area contributed by atoms with Gasteiger partial charge in [0.1, 0.15) is 6.61 Å². The highest BCUT2D eigenvalue weighted by atomic mass is 79.9. The van der Waals surface area contributed by atoms with Gasteiger partial charge in [0.25, 0.3) is 5.91 Å². The lowest BCUT2D eigenvalue weighted by Gasteiger charge is -2.33. The van der Waals surface area contributed by atoms with Crippen molar-refractivity contribution in [2.75, 3.05) is 26.2 Å². The monoisotopic (exact) mass is 344 g/mol. The molecule has 0 radical (unpaired) electrons. The molecule has 102 valence electrons. The predicted octanol–water partition coefficient (Wildman–Crippen LogP) is 2.22. The van der Waals surface area contributed by atoms with Crippen LogP contribution in [-0.4, -0.2) is 43.1 Å². The molecule has 0 aliphatic carbocycles. The Morgan fingerprint density at radius 2 is 2.37 bits per heavy atom. The Kier molecular flexibility index (Phi) is 3.45. The molecule has 6 heteroatoms. The molecule has 0 spiro atoms. The molecule has 0 unspecified atom stereocenters. The highest BCUT2D eigenvalue weighted by molar-refractivity contribution is 9.10. The Morgan fingerprint density at radius 1 is 1.58 bits per heavy atom. The Balaban J connectivity index is 2.10. The smallest absolute Gasteiger partial charge is 0.258 e. The molecule has 3 rings (SSSR count). The summed E-state index contributed by atoms with van der Waals surface area (Å²) in [5.41, 5.74) is 1.50. The summed E-state index contributed by atoms with van der Waals surface area (Å²) in [6.07, 6.45) is 0. The molecule has 0 saturated carbocycles. The number of nitrogens with zero attached hydrogens (tertiary/aromatic N) is 1. The van der Waals surface area contributed by atoms with E-state index in [1.54, 1.807) is 0 Å². The first kappa shape index (κ1) is 13.2. The molecule has 0 bridgehead atoms. The van der Waals surface area contributed by atoms with Crippen molar-refractivity contribution in [3.05, 3.63) is 26.7 Å². The quantitative estimate of drug-likeness (QED) is 0.784. The maximum atomic E-state index is 12.6. The fourth-order valence-electron chi connectivity index (χ4n) is 2.55. The summed E-state index contributed by atoms with van der Waals surface area (Å²) in [4.78, 5) is 14.5. The van der Waals surface area contributed by atoms with E-state index >= 15 is 0 Å². The van der Waals surface area contributed by atoms with Gasteiger partial charge >= 0.3 is 0 Å². The second-order valence-corrected chi connectivity index (χ2v) is 6.04. The summed E-state index contributed by atoms with van der Waals surface area (Å²) in [6, 6.07) is 1.92. The molecule has 1 aromatic rings. The number of halogens is 2. The lowest BCUT2D eigenvalue weighted by molar-refractivity contribution is 0.0606. The Morgan fingerprint density at radius 3 is 3.16 bits per heavy atom. The van der Waals surface area contributed by atoms with Gasteiger partial charge in [-0.25, -0.2) is 0 Å². The van der Waals surface area contributed by atoms with Crippen LogP contribution in [0.15, 0.2) is 10.5 Å². The standard InChI is InChI=1S/C13H14BrClN2O2/c1-7-4-9-12(11(15)10(7)14)19-6-8-5-16-2-3-17(8)13(9)18/h4,8,16H,2-3,5-6H2,1H3/t8-/m1/s1. The van der Waals surface area contributed by atoms with Gasteiger partial charge in [0.05, 0.1) is 16.6 Å². The minimum atomic E-state index is 0.0106. The molecule has 1 saturated heterocycles. The van der Waals surface area contributed by atoms with Gasteiger partial charge in [0.2, 0.25) is 0 Å². The minimum absolute atomic E-state index is 0.0106. The van der Waals surface area contributed by atoms with Crippen molar-refractivity contribution >= 4 is 33.4 Å². The molecule has 2 heterocycles. The molecule has 2 aliphatic rings. The van der Waals surface area contributed by atoms with Crippen molar-refractivity contribution in [1.82, 2.24) is 10.2 Å². The lowest BCUT2D eigenvalue weighted by atomic mass is 10.1. The first-order chi connectivity index (χ1) is 9.09. The Labute approximate surface area is 125 Å². The van der Waals surface area contributed by atoms with Crippen molar-refractivity contribution in [1.29, 1.82) is 0 Å². The molecular weight excluding hydrogens is 332 g/mol. The average Bonchev–Trinajstić information content (AvgIpc) is 2.55. The maximum absolute atomic E-state index is 12.6. The van der Waals surface area contributed by atoms with Gasteiger partial charge < -0.3 is 15.0 Å². The number of nitrogens with one attached hydrogen (secondary N) is 1. The third-order valence-electron chi connectivity index (χ3n) is 3.61. The zero-order valence-corrected chi connectivity index (χ0v) is 12.8. The molecule has 19 heavy (non-hydrogen) atoms. The summed E-state index contributed by atoms with van der Waals surface area (Å²) in [7, 11) is 0. The third-order valence-corrected chi connectivity index (χ3v) is 5.22. The average molecular weight is 346 g/mol. The number of rotatable bonds is 0. The van der Waals surface area contributed by atoms with E-state index in [9.17, 15) is 4.79 Å². The van der Waals surface area contributed by atoms with Crippen LogP contribution in [0.4, 0.5) is 0 Å². The molecule has 1 aromatic carbocycles. The maximum Gasteiger partial charge on any atom is 0.258 e. The Bertz CT molecular complexity index is 550. The number of hydrogen-bond acceptors (Lipinski definition) is 3. The van der Waals surface area contributed by atoms with Crippen molar-refractivity contribution in [3.63, 3.8) is 0 Å². The summed E-state index contributed by atoms with van der Waals surface area (Å²) in [5.74, 6) is 0.509. The van der Waals surface area contributed by atoms with Crippen molar-refractivity contribution < 1.29 is 9.53 Å². The van der Waals surface area contributed by atoms with Crippen LogP contribution in [0, 0.1) is 6.92 Å². The van der Waals surface area contributed by atoms with Crippen LogP contribution in [0.5, 0.6) is 5.75 Å². The fraction of sp³-hybridized carbons (Fsp3) is 0.462. The van der Waals surface area contributed by atoms with Crippen LogP contribution >= 0.6 is 27.5 Å². The van der Waals surface area contributed by atoms with Crippen LogP contribution < -0.4 is 10.1 Å². The van der Waals surface area contributed by atoms with E-state index in [4.69, 9.17) is 16.3 Å². The minimum Gasteiger partial charge on any atom is -0.489 e. The zero-order chi connectivity index (χ0) is 13.6. The highest BCUT2D eigenvalue weighted by Gasteiger charge is 2.34. The van der Waals surface area contributed by atoms with Crippen molar-refractivity contribution in [2.24, 2.45) is 0 Å². The summed E-state index contributed by atoms with van der Waals surface area (Å²) >= 11 is 9.72. The second kappa shape index (κ2) is 4.96. The summed E-state index contributed by atoms with van der Waals surface area (Å²) in [5, 5.41) is 3.76. The number of aryl methyl sites for hydroxylation is 1. The lowest BCUT2D eigenvalue weighted by Crippen LogP contribution is -2.54. The number of amides is 1. The van der Waals surface area contributed by atoms with Gasteiger partial charge in [-0.1, -0.05) is 11.6 Å². The van der Waals surface area contributed by atoms with Gasteiger partial charge in [-0.05, 0) is 34.5 Å². The number of carbonyl (C=O) groups is 1. The first-order valence-corrected chi connectivity index (χ1v) is 7.39. The second-order valence-electron chi connectivity index (χ2n) is 4.87. The Hall–Kier alpha value is -0.780. The van der Waals surface area contributed by atoms with Crippen LogP contribution in [0.3, 0.4) is 0 Å². The summed E-state index contributed by atoms with van der Waals surface area (Å²) < 4.78 is 6.58. The van der Waals surface area contributed by atoms with Crippen LogP contribution in [0.25, 0.3) is 0 Å². The highest BCUT2D eigenvalue weighted by Crippen LogP contribution is 2.40. The van der Waals surface area contributed by atoms with Crippen molar-refractivity contribution in [3.8, 4) is 5.75 Å². The topological polar surface area (TPSA) is 41.6 Å². The molecule has 0 aromatic heterocycles. The van der Waals surface area contributed by atoms with Gasteiger partial charge in [-0.3, -0.25) is 4.79 Å². The van der Waals surface area contributed by atoms with Crippen LogP contribution in [0.2, 0.25) is 5.02 Å². The van der Waals surface area contributed by atoms with Crippen LogP contribution in [-0.2, 0) is 0 Å². The first-order valence-electron chi connectivity index (χ1n) is 6.22. The van der Waals surface area contributed by atoms with Gasteiger partial charge in [-0.15, -0.1) is 0 Å². The van der Waals surface area contributed by atoms with Gasteiger partial charge in [0.15, 0.2) is 5.75 Å². The van der Waals surface area contributed by atoms with E-state index in [1.165, 1.54) is 0 Å². The predicted molar refractivity (Wildman–Crippen MR) is 77.1 cm³/mol. The number of fused-ring (bicyclic) bond motifs is 2. The van der Waals surface area contributed by atoms with E-state index in [1.807, 2.05) is 17.9 Å². The van der Waals surface area contributed by atoms with Gasteiger partial charge in [0, 0.05) is 24.1 Å². The number of hydrogen-bond donors (Lipinski definition) is 1. The zero-order valence-electron chi connectivity index (χ0n) is 10.5. The van der Waals surface area contributed by atoms with E-state index in [0.29, 0.717) is 29.5 Å². The van der Waals surface area contributed by atoms with E-state index in [2.05, 4.69) is 21.2 Å². The van der Waals surface area contributed by atoms with E-state index < -0.39 is 0 Å². The third kappa shape index (κ3) is 2.14. The molecule has 1 atom stereocenters. The molecule has 1 N–H and O–H groups in total. The SMILES string of the molecule is Cc1cc2c(c(Cl)c1Br)OC[C@H]1CNCCN1C2=O. The largest absolute Gasteiger partial charge is 0.489 e.